The van der Waals surface area contributed by atoms with E-state index in [-0.39, 0.29) is 30.3 Å². The zero-order chi connectivity index (χ0) is 25.3. The van der Waals surface area contributed by atoms with Crippen molar-refractivity contribution in [2.75, 3.05) is 30.3 Å². The number of carbonyl (C=O) groups is 3. The molecule has 0 spiro atoms. The molecule has 2 heterocycles. The second-order valence-corrected chi connectivity index (χ2v) is 8.46. The SMILES string of the molecule is CCOc1ccc(NC(=O)c2ccc(NC(=O)CN3CCCC3C(=O)NCc3ccco3)cc2)cc1. The second-order valence-electron chi connectivity index (χ2n) is 8.46. The van der Waals surface area contributed by atoms with Crippen LogP contribution in [0.25, 0.3) is 0 Å². The van der Waals surface area contributed by atoms with E-state index in [2.05, 4.69) is 16.0 Å². The number of rotatable bonds is 10. The van der Waals surface area contributed by atoms with Crippen LogP contribution in [0, 0.1) is 0 Å². The monoisotopic (exact) mass is 490 g/mol. The van der Waals surface area contributed by atoms with E-state index < -0.39 is 0 Å². The number of benzene rings is 2. The summed E-state index contributed by atoms with van der Waals surface area (Å²) in [5, 5.41) is 8.55. The maximum Gasteiger partial charge on any atom is 0.255 e. The van der Waals surface area contributed by atoms with Crippen LogP contribution in [0.15, 0.2) is 71.3 Å². The van der Waals surface area contributed by atoms with Gasteiger partial charge in [0.15, 0.2) is 0 Å². The van der Waals surface area contributed by atoms with Crippen LogP contribution in [0.4, 0.5) is 11.4 Å². The van der Waals surface area contributed by atoms with Crippen LogP contribution in [0.2, 0.25) is 0 Å². The number of ether oxygens (including phenoxy) is 1. The molecule has 3 N–H and O–H groups in total. The Balaban J connectivity index is 1.25. The number of carbonyl (C=O) groups excluding carboxylic acids is 3. The Bertz CT molecular complexity index is 1160. The van der Waals surface area contributed by atoms with Crippen LogP contribution in [0.1, 0.15) is 35.9 Å². The fourth-order valence-electron chi connectivity index (χ4n) is 4.11. The topological polar surface area (TPSA) is 113 Å². The van der Waals surface area contributed by atoms with Crippen LogP contribution in [0.5, 0.6) is 5.75 Å². The highest BCUT2D eigenvalue weighted by atomic mass is 16.5. The molecule has 1 unspecified atom stereocenters. The average molecular weight is 491 g/mol. The van der Waals surface area contributed by atoms with Crippen LogP contribution in [0.3, 0.4) is 0 Å². The number of nitrogens with one attached hydrogen (secondary N) is 3. The van der Waals surface area contributed by atoms with Gasteiger partial charge in [0.25, 0.3) is 5.91 Å². The molecule has 36 heavy (non-hydrogen) atoms. The summed E-state index contributed by atoms with van der Waals surface area (Å²) in [7, 11) is 0. The van der Waals surface area contributed by atoms with Crippen molar-refractivity contribution in [1.29, 1.82) is 0 Å². The lowest BCUT2D eigenvalue weighted by molar-refractivity contribution is -0.126. The quantitative estimate of drug-likeness (QED) is 0.400. The van der Waals surface area contributed by atoms with Gasteiger partial charge < -0.3 is 25.1 Å². The summed E-state index contributed by atoms with van der Waals surface area (Å²) in [6, 6.07) is 17.0. The summed E-state index contributed by atoms with van der Waals surface area (Å²) < 4.78 is 10.7. The number of amides is 3. The molecule has 0 saturated carbocycles. The first-order valence-electron chi connectivity index (χ1n) is 12.0. The molecule has 4 rings (SSSR count). The van der Waals surface area contributed by atoms with Crippen molar-refractivity contribution in [1.82, 2.24) is 10.2 Å². The first-order valence-corrected chi connectivity index (χ1v) is 12.0. The molecule has 1 aliphatic heterocycles. The van der Waals surface area contributed by atoms with Gasteiger partial charge in [-0.25, -0.2) is 0 Å². The smallest absolute Gasteiger partial charge is 0.255 e. The van der Waals surface area contributed by atoms with E-state index in [1.807, 2.05) is 11.8 Å². The number of anilines is 2. The lowest BCUT2D eigenvalue weighted by Crippen LogP contribution is -2.45. The molecule has 1 saturated heterocycles. The van der Waals surface area contributed by atoms with Gasteiger partial charge in [0.05, 0.1) is 32.0 Å². The van der Waals surface area contributed by atoms with Gasteiger partial charge in [0, 0.05) is 16.9 Å². The standard InChI is InChI=1S/C27H30N4O5/c1-2-35-22-13-11-21(12-14-22)30-26(33)19-7-9-20(10-8-19)29-25(32)18-31-15-3-6-24(31)27(34)28-17-23-5-4-16-36-23/h4-5,7-14,16,24H,2-3,6,15,17-18H2,1H3,(H,28,34)(H,29,32)(H,30,33). The Kier molecular flexibility index (Phi) is 8.36. The highest BCUT2D eigenvalue weighted by molar-refractivity contribution is 6.04. The van der Waals surface area contributed by atoms with Gasteiger partial charge in [-0.15, -0.1) is 0 Å². The molecule has 1 atom stereocenters. The maximum atomic E-state index is 12.6. The van der Waals surface area contributed by atoms with Crippen molar-refractivity contribution in [2.45, 2.75) is 32.4 Å². The van der Waals surface area contributed by atoms with Gasteiger partial charge in [-0.3, -0.25) is 19.3 Å². The van der Waals surface area contributed by atoms with Crippen molar-refractivity contribution < 1.29 is 23.5 Å². The van der Waals surface area contributed by atoms with E-state index in [9.17, 15) is 14.4 Å². The number of likely N-dealkylation sites (tertiary alicyclic amines) is 1. The number of furan rings is 1. The zero-order valence-corrected chi connectivity index (χ0v) is 20.2. The van der Waals surface area contributed by atoms with Crippen LogP contribution >= 0.6 is 0 Å². The minimum Gasteiger partial charge on any atom is -0.494 e. The molecule has 3 amide bonds. The fourth-order valence-corrected chi connectivity index (χ4v) is 4.11. The van der Waals surface area contributed by atoms with Gasteiger partial charge in [-0.05, 0) is 87.0 Å². The minimum absolute atomic E-state index is 0.110. The molecule has 2 aromatic carbocycles. The van der Waals surface area contributed by atoms with Crippen LogP contribution in [-0.2, 0) is 16.1 Å². The Labute approximate surface area is 209 Å². The minimum atomic E-state index is -0.348. The molecular weight excluding hydrogens is 460 g/mol. The Morgan fingerprint density at radius 1 is 1.00 bits per heavy atom. The summed E-state index contributed by atoms with van der Waals surface area (Å²) >= 11 is 0. The van der Waals surface area contributed by atoms with E-state index in [0.29, 0.717) is 48.8 Å². The van der Waals surface area contributed by atoms with E-state index in [4.69, 9.17) is 9.15 Å². The third kappa shape index (κ3) is 6.73. The van der Waals surface area contributed by atoms with Gasteiger partial charge in [-0.1, -0.05) is 0 Å². The van der Waals surface area contributed by atoms with E-state index in [1.54, 1.807) is 66.9 Å². The van der Waals surface area contributed by atoms with Gasteiger partial charge in [0.1, 0.15) is 11.5 Å². The predicted molar refractivity (Wildman–Crippen MR) is 136 cm³/mol. The van der Waals surface area contributed by atoms with Crippen molar-refractivity contribution in [3.8, 4) is 5.75 Å². The van der Waals surface area contributed by atoms with Crippen molar-refractivity contribution in [3.63, 3.8) is 0 Å². The first-order chi connectivity index (χ1) is 17.5. The van der Waals surface area contributed by atoms with Crippen LogP contribution < -0.4 is 20.7 Å². The summed E-state index contributed by atoms with van der Waals surface area (Å²) in [6.45, 7) is 3.60. The van der Waals surface area contributed by atoms with Crippen molar-refractivity contribution in [3.05, 3.63) is 78.3 Å². The third-order valence-electron chi connectivity index (χ3n) is 5.88. The Morgan fingerprint density at radius 2 is 1.72 bits per heavy atom. The fraction of sp³-hybridized carbons (Fsp3) is 0.296. The summed E-state index contributed by atoms with van der Waals surface area (Å²) in [6.07, 6.45) is 3.12. The highest BCUT2D eigenvalue weighted by Gasteiger charge is 2.31. The molecule has 0 radical (unpaired) electrons. The summed E-state index contributed by atoms with van der Waals surface area (Å²) in [5.74, 6) is 0.844. The largest absolute Gasteiger partial charge is 0.494 e. The molecule has 0 bridgehead atoms. The lowest BCUT2D eigenvalue weighted by atomic mass is 10.2. The molecule has 1 aromatic heterocycles. The Hall–Kier alpha value is -4.11. The second kappa shape index (κ2) is 12.0. The summed E-state index contributed by atoms with van der Waals surface area (Å²) in [5.41, 5.74) is 1.71. The average Bonchev–Trinajstić information content (AvgIpc) is 3.57. The Morgan fingerprint density at radius 3 is 2.42 bits per heavy atom. The van der Waals surface area contributed by atoms with Crippen molar-refractivity contribution in [2.24, 2.45) is 0 Å². The highest BCUT2D eigenvalue weighted by Crippen LogP contribution is 2.19. The molecule has 1 aliphatic rings. The van der Waals surface area contributed by atoms with E-state index in [1.165, 1.54) is 0 Å². The lowest BCUT2D eigenvalue weighted by Gasteiger charge is -2.23. The molecule has 9 heteroatoms. The first kappa shape index (κ1) is 25.0. The summed E-state index contributed by atoms with van der Waals surface area (Å²) in [4.78, 5) is 39.6. The zero-order valence-electron chi connectivity index (χ0n) is 20.2. The predicted octanol–water partition coefficient (Wildman–Crippen LogP) is 3.65. The van der Waals surface area contributed by atoms with Crippen LogP contribution in [-0.4, -0.2) is 48.4 Å². The van der Waals surface area contributed by atoms with Gasteiger partial charge in [0.2, 0.25) is 11.8 Å². The molecule has 3 aromatic rings. The van der Waals surface area contributed by atoms with Gasteiger partial charge >= 0.3 is 0 Å². The van der Waals surface area contributed by atoms with Gasteiger partial charge in [-0.2, -0.15) is 0 Å². The van der Waals surface area contributed by atoms with Crippen molar-refractivity contribution >= 4 is 29.1 Å². The van der Waals surface area contributed by atoms with E-state index >= 15 is 0 Å². The normalized spacial score (nSPS) is 15.3. The maximum absolute atomic E-state index is 12.6. The number of nitrogens with zero attached hydrogens (tertiary/aromatic N) is 1. The van der Waals surface area contributed by atoms with E-state index in [0.717, 1.165) is 12.2 Å². The molecule has 1 fully saturated rings. The number of hydrogen-bond donors (Lipinski definition) is 3. The number of hydrogen-bond acceptors (Lipinski definition) is 6. The third-order valence-corrected chi connectivity index (χ3v) is 5.88. The molecule has 188 valence electrons. The molecule has 0 aliphatic carbocycles. The molecule has 9 nitrogen and oxygen atoms in total. The molecular formula is C27H30N4O5.